The van der Waals surface area contributed by atoms with E-state index >= 15 is 0 Å². The Balaban J connectivity index is 4.41. The van der Waals surface area contributed by atoms with E-state index in [0.29, 0.717) is 19.3 Å². The van der Waals surface area contributed by atoms with Gasteiger partial charge in [0.05, 0.1) is 0 Å². The van der Waals surface area contributed by atoms with Crippen LogP contribution >= 0.6 is 0 Å². The van der Waals surface area contributed by atoms with Crippen LogP contribution in [0.15, 0.2) is 134 Å². The summed E-state index contributed by atoms with van der Waals surface area (Å²) in [5, 5.41) is 0. The minimum Gasteiger partial charge on any atom is -0.462 e. The number of allylic oxidation sites excluding steroid dienone is 22. The number of hydrogen-bond donors (Lipinski definition) is 0. The molecule has 0 heterocycles. The summed E-state index contributed by atoms with van der Waals surface area (Å²) in [6.45, 7) is 6.47. The molecule has 0 radical (unpaired) electrons. The van der Waals surface area contributed by atoms with Crippen molar-refractivity contribution in [2.24, 2.45) is 0 Å². The molecule has 0 saturated carbocycles. The molecule has 0 N–H and O–H groups in total. The number of carbonyl (C=O) groups excluding carboxylic acids is 3. The van der Waals surface area contributed by atoms with Gasteiger partial charge in [0.1, 0.15) is 13.2 Å². The van der Waals surface area contributed by atoms with Gasteiger partial charge in [-0.1, -0.05) is 289 Å². The highest BCUT2D eigenvalue weighted by molar-refractivity contribution is 5.71. The molecule has 0 saturated heterocycles. The lowest BCUT2D eigenvalue weighted by atomic mass is 10.1. The van der Waals surface area contributed by atoms with Crippen molar-refractivity contribution >= 4 is 17.9 Å². The van der Waals surface area contributed by atoms with Crippen LogP contribution < -0.4 is 0 Å². The fraction of sp³-hybridized carbons (Fsp3) is 0.671. The minimum atomic E-state index is -0.802. The van der Waals surface area contributed by atoms with Crippen LogP contribution in [0.5, 0.6) is 0 Å². The molecule has 466 valence electrons. The molecule has 1 atom stereocenters. The maximum Gasteiger partial charge on any atom is 0.306 e. The van der Waals surface area contributed by atoms with Crippen molar-refractivity contribution in [3.63, 3.8) is 0 Å². The third kappa shape index (κ3) is 66.4. The van der Waals surface area contributed by atoms with Gasteiger partial charge in [0.2, 0.25) is 0 Å². The minimum absolute atomic E-state index is 0.0969. The fourth-order valence-electron chi connectivity index (χ4n) is 9.24. The Morgan fingerprint density at radius 2 is 0.488 bits per heavy atom. The molecule has 0 aromatic heterocycles. The largest absolute Gasteiger partial charge is 0.462 e. The molecule has 0 rings (SSSR count). The average molecular weight is 1140 g/mol. The summed E-state index contributed by atoms with van der Waals surface area (Å²) in [4.78, 5) is 38.4. The van der Waals surface area contributed by atoms with Crippen LogP contribution in [-0.2, 0) is 28.6 Å². The monoisotopic (exact) mass is 1130 g/mol. The van der Waals surface area contributed by atoms with Gasteiger partial charge < -0.3 is 14.2 Å². The summed E-state index contributed by atoms with van der Waals surface area (Å²) >= 11 is 0. The number of carbonyl (C=O) groups is 3. The standard InChI is InChI=1S/C76H126O6/c1-4-7-10-13-16-19-22-25-28-30-32-34-35-36-37-38-39-40-41-43-44-46-48-51-54-57-60-63-66-69-75(78)81-72-73(71-80-74(77)68-65-62-59-56-53-50-27-24-21-18-15-12-9-6-3)82-76(79)70-67-64-61-58-55-52-49-47-45-42-33-31-29-26-23-20-17-14-11-8-5-2/h7,10,15-16,18-19,24-25,27-28,31-34,36-37,39-40,43-44,48,51,73H,4-6,8-9,11-14,17,20-23,26,29-30,35,38,41-42,45-47,49-50,52-72H2,1-3H3/b10-7-,18-15-,19-16-,27-24-,28-25-,33-31-,34-32-,37-36-,40-39-,44-43-,51-48-. The van der Waals surface area contributed by atoms with E-state index in [0.717, 1.165) is 148 Å². The van der Waals surface area contributed by atoms with Crippen molar-refractivity contribution in [2.75, 3.05) is 13.2 Å². The maximum atomic E-state index is 12.9. The Morgan fingerprint density at radius 1 is 0.256 bits per heavy atom. The van der Waals surface area contributed by atoms with Gasteiger partial charge in [-0.05, 0) is 135 Å². The van der Waals surface area contributed by atoms with Crippen molar-refractivity contribution in [3.8, 4) is 0 Å². The van der Waals surface area contributed by atoms with Crippen molar-refractivity contribution < 1.29 is 28.6 Å². The highest BCUT2D eigenvalue weighted by atomic mass is 16.6. The molecule has 0 aromatic carbocycles. The molecule has 0 aliphatic rings. The first-order chi connectivity index (χ1) is 40.5. The zero-order valence-electron chi connectivity index (χ0n) is 53.5. The average Bonchev–Trinajstić information content (AvgIpc) is 3.47. The second kappa shape index (κ2) is 69.0. The van der Waals surface area contributed by atoms with Crippen molar-refractivity contribution in [3.05, 3.63) is 134 Å². The Morgan fingerprint density at radius 3 is 0.793 bits per heavy atom. The Kier molecular flexibility index (Phi) is 65.3. The Labute approximate surface area is 506 Å². The molecular weight excluding hydrogens is 1010 g/mol. The number of hydrogen-bond acceptors (Lipinski definition) is 6. The normalized spacial score (nSPS) is 13.0. The van der Waals surface area contributed by atoms with Crippen LogP contribution in [0.2, 0.25) is 0 Å². The summed E-state index contributed by atoms with van der Waals surface area (Å²) in [7, 11) is 0. The van der Waals surface area contributed by atoms with E-state index in [1.54, 1.807) is 0 Å². The van der Waals surface area contributed by atoms with Crippen LogP contribution in [0.3, 0.4) is 0 Å². The van der Waals surface area contributed by atoms with Gasteiger partial charge in [-0.3, -0.25) is 14.4 Å². The zero-order valence-corrected chi connectivity index (χ0v) is 53.5. The van der Waals surface area contributed by atoms with Gasteiger partial charge in [-0.25, -0.2) is 0 Å². The molecule has 6 heteroatoms. The van der Waals surface area contributed by atoms with E-state index in [-0.39, 0.29) is 31.1 Å². The molecule has 0 bridgehead atoms. The van der Waals surface area contributed by atoms with Crippen LogP contribution in [0.1, 0.15) is 310 Å². The van der Waals surface area contributed by atoms with Gasteiger partial charge in [-0.15, -0.1) is 0 Å². The molecule has 0 aliphatic heterocycles. The van der Waals surface area contributed by atoms with E-state index < -0.39 is 6.10 Å². The molecule has 0 fully saturated rings. The van der Waals surface area contributed by atoms with Gasteiger partial charge in [0, 0.05) is 19.3 Å². The Bertz CT molecular complexity index is 1730. The van der Waals surface area contributed by atoms with Gasteiger partial charge in [0.25, 0.3) is 0 Å². The second-order valence-electron chi connectivity index (χ2n) is 22.3. The van der Waals surface area contributed by atoms with Crippen molar-refractivity contribution in [1.82, 2.24) is 0 Å². The summed E-state index contributed by atoms with van der Waals surface area (Å²) in [6, 6.07) is 0. The molecule has 82 heavy (non-hydrogen) atoms. The molecule has 0 aromatic rings. The van der Waals surface area contributed by atoms with Crippen molar-refractivity contribution in [2.45, 2.75) is 316 Å². The molecule has 0 spiro atoms. The number of rotatable bonds is 61. The van der Waals surface area contributed by atoms with Gasteiger partial charge >= 0.3 is 17.9 Å². The molecule has 0 amide bonds. The van der Waals surface area contributed by atoms with E-state index in [9.17, 15) is 14.4 Å². The second-order valence-corrected chi connectivity index (χ2v) is 22.3. The first-order valence-electron chi connectivity index (χ1n) is 34.2. The molecular formula is C76H126O6. The predicted octanol–water partition coefficient (Wildman–Crippen LogP) is 23.7. The van der Waals surface area contributed by atoms with Gasteiger partial charge in [0.15, 0.2) is 6.10 Å². The lowest BCUT2D eigenvalue weighted by Gasteiger charge is -2.18. The van der Waals surface area contributed by atoms with Crippen LogP contribution in [-0.4, -0.2) is 37.2 Å². The van der Waals surface area contributed by atoms with E-state index in [1.807, 2.05) is 0 Å². The molecule has 1 unspecified atom stereocenters. The first-order valence-corrected chi connectivity index (χ1v) is 34.2. The Hall–Kier alpha value is -4.45. The van der Waals surface area contributed by atoms with E-state index in [2.05, 4.69) is 154 Å². The lowest BCUT2D eigenvalue weighted by Crippen LogP contribution is -2.30. The summed E-state index contributed by atoms with van der Waals surface area (Å²) < 4.78 is 16.9. The first kappa shape index (κ1) is 77.5. The topological polar surface area (TPSA) is 78.9 Å². The number of ether oxygens (including phenoxy) is 3. The quantitative estimate of drug-likeness (QED) is 0.0261. The smallest absolute Gasteiger partial charge is 0.306 e. The zero-order chi connectivity index (χ0) is 59.2. The fourth-order valence-corrected chi connectivity index (χ4v) is 9.24. The third-order valence-electron chi connectivity index (χ3n) is 14.4. The summed E-state index contributed by atoms with van der Waals surface area (Å²) in [5.41, 5.74) is 0. The predicted molar refractivity (Wildman–Crippen MR) is 357 cm³/mol. The van der Waals surface area contributed by atoms with Crippen LogP contribution in [0.25, 0.3) is 0 Å². The van der Waals surface area contributed by atoms with Crippen molar-refractivity contribution in [1.29, 1.82) is 0 Å². The van der Waals surface area contributed by atoms with Crippen LogP contribution in [0.4, 0.5) is 0 Å². The van der Waals surface area contributed by atoms with E-state index in [1.165, 1.54) is 122 Å². The maximum absolute atomic E-state index is 12.9. The third-order valence-corrected chi connectivity index (χ3v) is 14.4. The molecule has 0 aliphatic carbocycles. The SMILES string of the molecule is CC/C=C\C/C=C\C/C=C\C/C=C\C/C=C\C/C=C\C/C=C\C/C=C\CCCCCCC(=O)OCC(COC(=O)CCCCCCC/C=C\C/C=C\CCCC)OC(=O)CCCCCCCCCCC/C=C\CCCCCCCCCC. The van der Waals surface area contributed by atoms with E-state index in [4.69, 9.17) is 14.2 Å². The summed E-state index contributed by atoms with van der Waals surface area (Å²) in [5.74, 6) is -0.932. The molecule has 6 nitrogen and oxygen atoms in total. The highest BCUT2D eigenvalue weighted by Gasteiger charge is 2.19. The number of unbranched alkanes of at least 4 members (excludes halogenated alkanes) is 28. The van der Waals surface area contributed by atoms with Crippen LogP contribution in [0, 0.1) is 0 Å². The highest BCUT2D eigenvalue weighted by Crippen LogP contribution is 2.15. The summed E-state index contributed by atoms with van der Waals surface area (Å²) in [6.07, 6.45) is 97.5. The van der Waals surface area contributed by atoms with Gasteiger partial charge in [-0.2, -0.15) is 0 Å². The lowest BCUT2D eigenvalue weighted by molar-refractivity contribution is -0.167. The number of esters is 3.